The number of halogens is 3. The van der Waals surface area contributed by atoms with Crippen molar-refractivity contribution in [1.29, 1.82) is 0 Å². The fourth-order valence-electron chi connectivity index (χ4n) is 5.71. The van der Waals surface area contributed by atoms with Crippen molar-refractivity contribution in [3.8, 4) is 0 Å². The van der Waals surface area contributed by atoms with Gasteiger partial charge >= 0.3 is 12.1 Å². The maximum absolute atomic E-state index is 14.8. The number of hydrogen-bond donors (Lipinski definition) is 1. The van der Waals surface area contributed by atoms with Gasteiger partial charge in [-0.25, -0.2) is 27.9 Å². The lowest BCUT2D eigenvalue weighted by molar-refractivity contribution is 0.0504. The van der Waals surface area contributed by atoms with Crippen LogP contribution >= 0.6 is 0 Å². The van der Waals surface area contributed by atoms with Crippen LogP contribution < -0.4 is 15.1 Å². The zero-order valence-electron chi connectivity index (χ0n) is 26.8. The number of ether oxygens (including phenoxy) is 1. The van der Waals surface area contributed by atoms with Crippen LogP contribution in [0.1, 0.15) is 81.0 Å². The molecule has 3 aromatic rings. The van der Waals surface area contributed by atoms with Gasteiger partial charge in [0.25, 0.3) is 5.91 Å². The molecule has 2 aromatic heterocycles. The Balaban J connectivity index is 1.25. The average Bonchev–Trinajstić information content (AvgIpc) is 3.66. The van der Waals surface area contributed by atoms with Crippen molar-refractivity contribution in [2.45, 2.75) is 77.0 Å². The number of piperidine rings is 1. The van der Waals surface area contributed by atoms with Crippen LogP contribution in [0.2, 0.25) is 0 Å². The molecule has 248 valence electrons. The Morgan fingerprint density at radius 2 is 1.67 bits per heavy atom. The standard InChI is InChI=1S/C31H39F3N8O4/c1-17(2)26-38-29(46-39-26)41-9-7-19(8-10-41)40(6)27(43)18-13-35-28(36-14-18)42-15-21(20-11-23(33)24(34)12-22(20)32)25(16-42)37-30(44)45-31(3,4)5/h11-14,17,19,21,25H,7-10,15-16H2,1-6H3,(H,37,44). The molecule has 4 heterocycles. The molecular formula is C31H39F3N8O4. The minimum Gasteiger partial charge on any atom is -0.444 e. The second-order valence-corrected chi connectivity index (χ2v) is 13.0. The predicted molar refractivity (Wildman–Crippen MR) is 162 cm³/mol. The lowest BCUT2D eigenvalue weighted by atomic mass is 9.93. The van der Waals surface area contributed by atoms with Crippen molar-refractivity contribution in [2.24, 2.45) is 0 Å². The third-order valence-electron chi connectivity index (χ3n) is 8.18. The van der Waals surface area contributed by atoms with Gasteiger partial charge in [0, 0.05) is 69.6 Å². The molecule has 15 heteroatoms. The Hall–Kier alpha value is -4.43. The minimum absolute atomic E-state index is 0.0130. The first-order valence-corrected chi connectivity index (χ1v) is 15.3. The molecule has 0 bridgehead atoms. The van der Waals surface area contributed by atoms with E-state index in [1.807, 2.05) is 18.7 Å². The van der Waals surface area contributed by atoms with E-state index >= 15 is 0 Å². The fraction of sp³-hybridized carbons (Fsp3) is 0.548. The molecule has 2 amide bonds. The first-order valence-electron chi connectivity index (χ1n) is 15.3. The van der Waals surface area contributed by atoms with Crippen molar-refractivity contribution < 1.29 is 32.0 Å². The fourth-order valence-corrected chi connectivity index (χ4v) is 5.71. The number of nitrogens with zero attached hydrogens (tertiary/aromatic N) is 7. The molecule has 2 saturated heterocycles. The zero-order valence-corrected chi connectivity index (χ0v) is 26.8. The second kappa shape index (κ2) is 13.1. The van der Waals surface area contributed by atoms with E-state index in [4.69, 9.17) is 9.26 Å². The smallest absolute Gasteiger partial charge is 0.407 e. The highest BCUT2D eigenvalue weighted by Gasteiger charge is 2.39. The molecule has 2 fully saturated rings. The third kappa shape index (κ3) is 7.34. The summed E-state index contributed by atoms with van der Waals surface area (Å²) in [7, 11) is 1.74. The summed E-state index contributed by atoms with van der Waals surface area (Å²) in [6.07, 6.45) is 3.53. The van der Waals surface area contributed by atoms with Crippen LogP contribution in [0.3, 0.4) is 0 Å². The van der Waals surface area contributed by atoms with Gasteiger partial charge in [0.15, 0.2) is 17.5 Å². The van der Waals surface area contributed by atoms with Crippen LogP contribution in [0.4, 0.5) is 29.9 Å². The first kappa shape index (κ1) is 32.9. The van der Waals surface area contributed by atoms with E-state index in [0.717, 1.165) is 6.07 Å². The molecular weight excluding hydrogens is 605 g/mol. The molecule has 0 radical (unpaired) electrons. The first-order chi connectivity index (χ1) is 21.7. The number of amides is 2. The normalized spacial score (nSPS) is 19.1. The van der Waals surface area contributed by atoms with Crippen molar-refractivity contribution in [3.63, 3.8) is 0 Å². The van der Waals surface area contributed by atoms with E-state index in [-0.39, 0.29) is 48.0 Å². The Morgan fingerprint density at radius 1 is 1.02 bits per heavy atom. The molecule has 12 nitrogen and oxygen atoms in total. The molecule has 2 atom stereocenters. The summed E-state index contributed by atoms with van der Waals surface area (Å²) >= 11 is 0. The topological polar surface area (TPSA) is 130 Å². The van der Waals surface area contributed by atoms with E-state index in [1.54, 1.807) is 37.6 Å². The van der Waals surface area contributed by atoms with Gasteiger partial charge in [0.2, 0.25) is 5.95 Å². The molecule has 5 rings (SSSR count). The molecule has 2 aliphatic rings. The number of nitrogens with one attached hydrogen (secondary N) is 1. The summed E-state index contributed by atoms with van der Waals surface area (Å²) in [5, 5.41) is 6.76. The second-order valence-electron chi connectivity index (χ2n) is 13.0. The van der Waals surface area contributed by atoms with Crippen LogP contribution in [0.25, 0.3) is 0 Å². The highest BCUT2D eigenvalue weighted by atomic mass is 19.2. The molecule has 0 aliphatic carbocycles. The quantitative estimate of drug-likeness (QED) is 0.363. The highest BCUT2D eigenvalue weighted by Crippen LogP contribution is 2.33. The molecule has 2 aliphatic heterocycles. The van der Waals surface area contributed by atoms with Crippen LogP contribution in [-0.2, 0) is 4.74 Å². The molecule has 2 unspecified atom stereocenters. The van der Waals surface area contributed by atoms with Gasteiger partial charge < -0.3 is 29.3 Å². The lowest BCUT2D eigenvalue weighted by Gasteiger charge is -2.35. The molecule has 0 spiro atoms. The number of anilines is 2. The highest BCUT2D eigenvalue weighted by molar-refractivity contribution is 5.93. The summed E-state index contributed by atoms with van der Waals surface area (Å²) in [6.45, 7) is 10.6. The monoisotopic (exact) mass is 644 g/mol. The number of carbonyl (C=O) groups excluding carboxylic acids is 2. The lowest BCUT2D eigenvalue weighted by Crippen LogP contribution is -2.45. The number of hydrogen-bond acceptors (Lipinski definition) is 10. The molecule has 46 heavy (non-hydrogen) atoms. The number of rotatable bonds is 7. The summed E-state index contributed by atoms with van der Waals surface area (Å²) < 4.78 is 53.5. The third-order valence-corrected chi connectivity index (χ3v) is 8.18. The summed E-state index contributed by atoms with van der Waals surface area (Å²) in [5.74, 6) is -3.40. The van der Waals surface area contributed by atoms with Gasteiger partial charge in [-0.1, -0.05) is 19.0 Å². The van der Waals surface area contributed by atoms with Gasteiger partial charge in [-0.3, -0.25) is 4.79 Å². The van der Waals surface area contributed by atoms with Crippen LogP contribution in [0.5, 0.6) is 0 Å². The van der Waals surface area contributed by atoms with Crippen LogP contribution in [0.15, 0.2) is 29.0 Å². The Kier molecular flexibility index (Phi) is 9.40. The zero-order chi connectivity index (χ0) is 33.3. The number of alkyl carbamates (subject to hydrolysis) is 1. The van der Waals surface area contributed by atoms with Gasteiger partial charge in [-0.05, 0) is 45.2 Å². The Labute approximate surface area is 265 Å². The van der Waals surface area contributed by atoms with Crippen molar-refractivity contribution in [3.05, 3.63) is 58.9 Å². The van der Waals surface area contributed by atoms with Crippen molar-refractivity contribution in [2.75, 3.05) is 43.0 Å². The summed E-state index contributed by atoms with van der Waals surface area (Å²) in [4.78, 5) is 44.6. The van der Waals surface area contributed by atoms with Gasteiger partial charge in [0.1, 0.15) is 11.4 Å². The molecule has 0 saturated carbocycles. The van der Waals surface area contributed by atoms with Gasteiger partial charge in [0.05, 0.1) is 11.6 Å². The summed E-state index contributed by atoms with van der Waals surface area (Å²) in [5.41, 5.74) is -0.591. The number of aromatic nitrogens is 4. The predicted octanol–water partition coefficient (Wildman–Crippen LogP) is 4.64. The van der Waals surface area contributed by atoms with Crippen LogP contribution in [-0.4, -0.2) is 87.9 Å². The van der Waals surface area contributed by atoms with E-state index in [1.165, 1.54) is 12.4 Å². The maximum Gasteiger partial charge on any atom is 0.407 e. The van der Waals surface area contributed by atoms with Gasteiger partial charge in [-0.2, -0.15) is 4.98 Å². The van der Waals surface area contributed by atoms with E-state index in [0.29, 0.717) is 43.8 Å². The van der Waals surface area contributed by atoms with Crippen LogP contribution in [0, 0.1) is 17.5 Å². The summed E-state index contributed by atoms with van der Waals surface area (Å²) in [6, 6.07) is 1.03. The molecule has 1 N–H and O–H groups in total. The minimum atomic E-state index is -1.31. The van der Waals surface area contributed by atoms with Crippen molar-refractivity contribution in [1.82, 2.24) is 30.3 Å². The van der Waals surface area contributed by atoms with Crippen molar-refractivity contribution >= 4 is 24.0 Å². The Morgan fingerprint density at radius 3 is 2.28 bits per heavy atom. The number of benzene rings is 1. The van der Waals surface area contributed by atoms with E-state index in [2.05, 4.69) is 25.4 Å². The SMILES string of the molecule is CC(C)c1noc(N2CCC(N(C)C(=O)c3cnc(N4CC(NC(=O)OC(C)(C)C)C(c5cc(F)c(F)cc5F)C4)nc3)CC2)n1. The average molecular weight is 645 g/mol. The van der Waals surface area contributed by atoms with Gasteiger partial charge in [-0.15, -0.1) is 0 Å². The maximum atomic E-state index is 14.8. The van der Waals surface area contributed by atoms with E-state index < -0.39 is 41.1 Å². The Bertz CT molecular complexity index is 1550. The molecule has 1 aromatic carbocycles. The number of carbonyl (C=O) groups is 2. The largest absolute Gasteiger partial charge is 0.444 e. The van der Waals surface area contributed by atoms with E-state index in [9.17, 15) is 22.8 Å².